The van der Waals surface area contributed by atoms with Gasteiger partial charge in [-0.1, -0.05) is 31.5 Å². The molecule has 5 rings (SSSR count). The van der Waals surface area contributed by atoms with E-state index in [2.05, 4.69) is 0 Å². The van der Waals surface area contributed by atoms with E-state index >= 15 is 0 Å². The minimum absolute atomic E-state index is 0.0761. The van der Waals surface area contributed by atoms with Crippen molar-refractivity contribution in [3.05, 3.63) is 54.0 Å². The smallest absolute Gasteiger partial charge is 0.310 e. The van der Waals surface area contributed by atoms with Crippen LogP contribution in [0.3, 0.4) is 0 Å². The molecule has 0 amide bonds. The lowest BCUT2D eigenvalue weighted by Crippen LogP contribution is -2.64. The Balaban J connectivity index is 1.56. The number of Topliss-reactive ketones (excluding diaryl/α,β-unsaturated/α-hetero) is 1. The summed E-state index contributed by atoms with van der Waals surface area (Å²) < 4.78 is 48.0. The van der Waals surface area contributed by atoms with Crippen molar-refractivity contribution < 1.29 is 40.9 Å². The molecule has 0 spiro atoms. The van der Waals surface area contributed by atoms with Crippen molar-refractivity contribution in [3.63, 3.8) is 0 Å². The Morgan fingerprint density at radius 3 is 2.42 bits per heavy atom. The molecule has 2 heterocycles. The standard InChI is InChI=1S/C28H32O9S/c1-16-5-7-18(8-6-16)38(32,33)37-21-13-20(25(30)34-4)27(2)11-9-19-26(31)36-22(17-10-12-35-15-17)14-28(19,3)24(27)23(21)29/h5-8,10,12,15,19-22,24H,9,11,13-14H2,1-4H3/t19-,20-,21-,22+,24-,27-,28-/m0/s1. The first-order valence-corrected chi connectivity index (χ1v) is 14.2. The molecule has 0 bridgehead atoms. The summed E-state index contributed by atoms with van der Waals surface area (Å²) in [5.74, 6) is -3.58. The number of methoxy groups -OCH3 is 1. The second kappa shape index (κ2) is 9.34. The molecule has 1 aromatic carbocycles. The minimum Gasteiger partial charge on any atom is -0.472 e. The highest BCUT2D eigenvalue weighted by molar-refractivity contribution is 7.86. The molecule has 1 saturated heterocycles. The molecule has 7 atom stereocenters. The van der Waals surface area contributed by atoms with E-state index in [1.807, 2.05) is 20.8 Å². The Morgan fingerprint density at radius 2 is 1.79 bits per heavy atom. The molecule has 1 aliphatic heterocycles. The summed E-state index contributed by atoms with van der Waals surface area (Å²) >= 11 is 0. The van der Waals surface area contributed by atoms with Crippen LogP contribution in [0, 0.1) is 35.5 Å². The van der Waals surface area contributed by atoms with E-state index in [1.54, 1.807) is 18.2 Å². The van der Waals surface area contributed by atoms with E-state index in [1.165, 1.54) is 31.8 Å². The molecular weight excluding hydrogens is 512 g/mol. The topological polar surface area (TPSA) is 126 Å². The first-order chi connectivity index (χ1) is 17.9. The Morgan fingerprint density at radius 1 is 1.08 bits per heavy atom. The fourth-order valence-electron chi connectivity index (χ4n) is 7.16. The Kier molecular flexibility index (Phi) is 6.54. The van der Waals surface area contributed by atoms with E-state index in [9.17, 15) is 22.8 Å². The quantitative estimate of drug-likeness (QED) is 0.403. The van der Waals surface area contributed by atoms with Gasteiger partial charge in [-0.15, -0.1) is 0 Å². The third kappa shape index (κ3) is 4.18. The maximum Gasteiger partial charge on any atom is 0.310 e. The second-order valence-corrected chi connectivity index (χ2v) is 12.9. The van der Waals surface area contributed by atoms with Crippen molar-refractivity contribution in [2.75, 3.05) is 7.11 Å². The fourth-order valence-corrected chi connectivity index (χ4v) is 8.22. The first kappa shape index (κ1) is 26.6. The van der Waals surface area contributed by atoms with E-state index in [0.29, 0.717) is 24.8 Å². The monoisotopic (exact) mass is 544 g/mol. The number of hydrogen-bond donors (Lipinski definition) is 0. The van der Waals surface area contributed by atoms with Crippen LogP contribution in [-0.4, -0.2) is 39.4 Å². The van der Waals surface area contributed by atoms with Gasteiger partial charge in [-0.25, -0.2) is 0 Å². The van der Waals surface area contributed by atoms with Gasteiger partial charge in [-0.05, 0) is 61.6 Å². The number of carbonyl (C=O) groups is 3. The maximum atomic E-state index is 14.2. The Bertz CT molecular complexity index is 1350. The highest BCUT2D eigenvalue weighted by atomic mass is 32.2. The van der Waals surface area contributed by atoms with Crippen LogP contribution in [0.5, 0.6) is 0 Å². The zero-order valence-electron chi connectivity index (χ0n) is 21.8. The largest absolute Gasteiger partial charge is 0.472 e. The third-order valence-corrected chi connectivity index (χ3v) is 10.4. The van der Waals surface area contributed by atoms with Crippen LogP contribution in [0.15, 0.2) is 52.2 Å². The highest BCUT2D eigenvalue weighted by Gasteiger charge is 2.67. The van der Waals surface area contributed by atoms with E-state index < -0.39 is 68.6 Å². The molecule has 2 aromatic rings. The van der Waals surface area contributed by atoms with Gasteiger partial charge >= 0.3 is 11.9 Å². The first-order valence-electron chi connectivity index (χ1n) is 12.7. The minimum atomic E-state index is -4.31. The van der Waals surface area contributed by atoms with Gasteiger partial charge < -0.3 is 13.9 Å². The molecule has 3 fully saturated rings. The number of ketones is 1. The summed E-state index contributed by atoms with van der Waals surface area (Å²) in [6, 6.07) is 7.84. The number of cyclic esters (lactones) is 1. The summed E-state index contributed by atoms with van der Waals surface area (Å²) in [5, 5.41) is 0. The van der Waals surface area contributed by atoms with Crippen LogP contribution in [0.25, 0.3) is 0 Å². The van der Waals surface area contributed by atoms with E-state index in [4.69, 9.17) is 18.1 Å². The maximum absolute atomic E-state index is 14.2. The molecule has 204 valence electrons. The molecule has 38 heavy (non-hydrogen) atoms. The number of fused-ring (bicyclic) bond motifs is 3. The number of aryl methyl sites for hydroxylation is 1. The summed E-state index contributed by atoms with van der Waals surface area (Å²) in [7, 11) is -3.03. The van der Waals surface area contributed by atoms with Crippen LogP contribution >= 0.6 is 0 Å². The van der Waals surface area contributed by atoms with Crippen LogP contribution in [0.2, 0.25) is 0 Å². The zero-order chi connectivity index (χ0) is 27.5. The van der Waals surface area contributed by atoms with Crippen LogP contribution in [0.4, 0.5) is 0 Å². The van der Waals surface area contributed by atoms with Gasteiger partial charge in [0.25, 0.3) is 10.1 Å². The number of esters is 2. The molecule has 1 aromatic heterocycles. The van der Waals surface area contributed by atoms with Crippen LogP contribution in [0.1, 0.15) is 56.8 Å². The van der Waals surface area contributed by atoms with Gasteiger partial charge in [0, 0.05) is 11.5 Å². The molecule has 0 N–H and O–H groups in total. The van der Waals surface area contributed by atoms with Crippen molar-refractivity contribution in [3.8, 4) is 0 Å². The number of rotatable bonds is 5. The Hall–Kier alpha value is -2.98. The van der Waals surface area contributed by atoms with Gasteiger partial charge in [-0.2, -0.15) is 8.42 Å². The zero-order valence-corrected chi connectivity index (χ0v) is 22.7. The van der Waals surface area contributed by atoms with Crippen molar-refractivity contribution in [2.45, 2.75) is 63.6 Å². The molecule has 2 saturated carbocycles. The number of benzene rings is 1. The average Bonchev–Trinajstić information content (AvgIpc) is 3.40. The van der Waals surface area contributed by atoms with Gasteiger partial charge in [-0.3, -0.25) is 18.6 Å². The van der Waals surface area contributed by atoms with E-state index in [-0.39, 0.29) is 11.3 Å². The second-order valence-electron chi connectivity index (χ2n) is 11.3. The van der Waals surface area contributed by atoms with Crippen LogP contribution < -0.4 is 0 Å². The molecule has 10 heteroatoms. The molecule has 3 aliphatic rings. The highest BCUT2D eigenvalue weighted by Crippen LogP contribution is 2.65. The van der Waals surface area contributed by atoms with Gasteiger partial charge in [0.2, 0.25) is 0 Å². The van der Waals surface area contributed by atoms with Gasteiger partial charge in [0.15, 0.2) is 5.78 Å². The molecule has 2 aliphatic carbocycles. The average molecular weight is 545 g/mol. The lowest BCUT2D eigenvalue weighted by Gasteiger charge is -2.61. The van der Waals surface area contributed by atoms with Crippen molar-refractivity contribution >= 4 is 27.8 Å². The predicted molar refractivity (Wildman–Crippen MR) is 133 cm³/mol. The fraction of sp³-hybridized carbons (Fsp3) is 0.536. The third-order valence-electron chi connectivity index (χ3n) is 9.06. The number of hydrogen-bond acceptors (Lipinski definition) is 9. The molecular formula is C28H32O9S. The van der Waals surface area contributed by atoms with Crippen molar-refractivity contribution in [2.24, 2.45) is 28.6 Å². The molecule has 0 radical (unpaired) electrons. The summed E-state index contributed by atoms with van der Waals surface area (Å²) in [5.41, 5.74) is -0.227. The summed E-state index contributed by atoms with van der Waals surface area (Å²) in [4.78, 5) is 40.5. The SMILES string of the molecule is COC(=O)[C@@H]1C[C@H](OS(=O)(=O)c2ccc(C)cc2)C(=O)[C@H]2[C@@]1(C)CC[C@H]1C(=O)O[C@@H](c3ccoc3)C[C@]21C. The number of furan rings is 1. The summed E-state index contributed by atoms with van der Waals surface area (Å²) in [6.07, 6.45) is 2.00. The van der Waals surface area contributed by atoms with Gasteiger partial charge in [0.1, 0.15) is 12.2 Å². The lowest BCUT2D eigenvalue weighted by molar-refractivity contribution is -0.206. The van der Waals surface area contributed by atoms with Crippen LogP contribution in [-0.2, 0) is 38.2 Å². The predicted octanol–water partition coefficient (Wildman–Crippen LogP) is 4.15. The summed E-state index contributed by atoms with van der Waals surface area (Å²) in [6.45, 7) is 5.57. The van der Waals surface area contributed by atoms with Crippen molar-refractivity contribution in [1.29, 1.82) is 0 Å². The number of ether oxygens (including phenoxy) is 2. The van der Waals surface area contributed by atoms with E-state index in [0.717, 1.165) is 5.56 Å². The normalized spacial score (nSPS) is 35.1. The molecule has 0 unspecified atom stereocenters. The number of carbonyl (C=O) groups excluding carboxylic acids is 3. The Labute approximate surface area is 221 Å². The lowest BCUT2D eigenvalue weighted by atomic mass is 9.43. The van der Waals surface area contributed by atoms with Crippen molar-refractivity contribution in [1.82, 2.24) is 0 Å². The molecule has 9 nitrogen and oxygen atoms in total. The van der Waals surface area contributed by atoms with Gasteiger partial charge in [0.05, 0.1) is 36.4 Å².